The number of carbonyl (C=O) groups excluding carboxylic acids is 1. The molecule has 0 radical (unpaired) electrons. The third kappa shape index (κ3) is 40.2. The Morgan fingerprint density at radius 1 is 0.493 bits per heavy atom. The van der Waals surface area contributed by atoms with Crippen molar-refractivity contribution in [2.45, 2.75) is 275 Å². The van der Waals surface area contributed by atoms with E-state index >= 15 is 0 Å². The molecule has 7 unspecified atom stereocenters. The Bertz CT molecular complexity index is 1430. The number of aliphatic hydroxyl groups is 5. The fraction of sp³-hybridized carbons (Fsp3) is 0.726. The highest BCUT2D eigenvalue weighted by atomic mass is 16.7. The smallest absolute Gasteiger partial charge is 0.220 e. The molecular formula is C62H107NO8. The van der Waals surface area contributed by atoms with Gasteiger partial charge in [0, 0.05) is 6.42 Å². The van der Waals surface area contributed by atoms with E-state index in [9.17, 15) is 30.3 Å². The van der Waals surface area contributed by atoms with Gasteiger partial charge in [-0.05, 0) is 77.0 Å². The monoisotopic (exact) mass is 994 g/mol. The lowest BCUT2D eigenvalue weighted by Gasteiger charge is -2.40. The van der Waals surface area contributed by atoms with Crippen LogP contribution in [0.2, 0.25) is 0 Å². The second kappa shape index (κ2) is 50.6. The molecule has 0 aromatic heterocycles. The lowest BCUT2D eigenvalue weighted by molar-refractivity contribution is -0.302. The second-order valence-electron chi connectivity index (χ2n) is 19.7. The lowest BCUT2D eigenvalue weighted by atomic mass is 9.99. The topological polar surface area (TPSA) is 149 Å². The fourth-order valence-corrected chi connectivity index (χ4v) is 8.61. The molecule has 1 saturated heterocycles. The Morgan fingerprint density at radius 2 is 0.873 bits per heavy atom. The first kappa shape index (κ1) is 66.1. The van der Waals surface area contributed by atoms with Gasteiger partial charge >= 0.3 is 0 Å². The van der Waals surface area contributed by atoms with Gasteiger partial charge in [-0.1, -0.05) is 246 Å². The first-order valence-corrected chi connectivity index (χ1v) is 29.0. The molecule has 0 bridgehead atoms. The van der Waals surface area contributed by atoms with E-state index in [1.54, 1.807) is 6.08 Å². The van der Waals surface area contributed by atoms with Crippen molar-refractivity contribution in [2.75, 3.05) is 13.2 Å². The first-order chi connectivity index (χ1) is 34.8. The van der Waals surface area contributed by atoms with Crippen LogP contribution >= 0.6 is 0 Å². The predicted octanol–water partition coefficient (Wildman–Crippen LogP) is 14.4. The van der Waals surface area contributed by atoms with Crippen LogP contribution in [0.4, 0.5) is 0 Å². The van der Waals surface area contributed by atoms with Crippen LogP contribution in [0, 0.1) is 0 Å². The molecule has 408 valence electrons. The van der Waals surface area contributed by atoms with Gasteiger partial charge in [-0.25, -0.2) is 0 Å². The van der Waals surface area contributed by atoms with E-state index in [1.807, 2.05) is 6.08 Å². The van der Waals surface area contributed by atoms with Gasteiger partial charge in [-0.15, -0.1) is 0 Å². The van der Waals surface area contributed by atoms with Crippen molar-refractivity contribution in [3.05, 3.63) is 97.2 Å². The summed E-state index contributed by atoms with van der Waals surface area (Å²) in [5.74, 6) is -0.198. The van der Waals surface area contributed by atoms with E-state index in [2.05, 4.69) is 104 Å². The number of hydrogen-bond donors (Lipinski definition) is 6. The Kier molecular flexibility index (Phi) is 47.2. The quantitative estimate of drug-likeness (QED) is 0.0261. The molecule has 0 aliphatic carbocycles. The van der Waals surface area contributed by atoms with Gasteiger partial charge in [0.25, 0.3) is 0 Å². The van der Waals surface area contributed by atoms with Crippen LogP contribution in [0.15, 0.2) is 97.2 Å². The number of amides is 1. The molecule has 7 atom stereocenters. The Hall–Kier alpha value is -2.89. The molecule has 1 rings (SSSR count). The van der Waals surface area contributed by atoms with Crippen LogP contribution in [0.3, 0.4) is 0 Å². The van der Waals surface area contributed by atoms with Crippen molar-refractivity contribution in [3.63, 3.8) is 0 Å². The average molecular weight is 995 g/mol. The van der Waals surface area contributed by atoms with Crippen molar-refractivity contribution >= 4 is 5.91 Å². The third-order valence-corrected chi connectivity index (χ3v) is 13.2. The summed E-state index contributed by atoms with van der Waals surface area (Å²) in [5.41, 5.74) is 0. The summed E-state index contributed by atoms with van der Waals surface area (Å²) < 4.78 is 11.3. The fourth-order valence-electron chi connectivity index (χ4n) is 8.61. The zero-order valence-corrected chi connectivity index (χ0v) is 45.2. The van der Waals surface area contributed by atoms with Crippen molar-refractivity contribution in [3.8, 4) is 0 Å². The Morgan fingerprint density at radius 3 is 1.30 bits per heavy atom. The van der Waals surface area contributed by atoms with E-state index in [0.717, 1.165) is 103 Å². The molecule has 9 heteroatoms. The summed E-state index contributed by atoms with van der Waals surface area (Å²) in [7, 11) is 0. The van der Waals surface area contributed by atoms with Crippen LogP contribution in [0.1, 0.15) is 232 Å². The minimum Gasteiger partial charge on any atom is -0.394 e. The minimum atomic E-state index is -1.58. The largest absolute Gasteiger partial charge is 0.394 e. The lowest BCUT2D eigenvalue weighted by Crippen LogP contribution is -2.60. The SMILES string of the molecule is CC/C=C\C/C=C\C/C=C\C/C=C\C/C=C\C/C=C\C/C=C\CCCCCCCC(=O)NC(COC1OC(CO)C(O)C(O)C1O)C(O)/C=C/CCCCCCCCCCCCCCCCCCCCC. The zero-order valence-electron chi connectivity index (χ0n) is 45.2. The van der Waals surface area contributed by atoms with E-state index < -0.39 is 49.5 Å². The van der Waals surface area contributed by atoms with Gasteiger partial charge in [0.05, 0.1) is 25.4 Å². The Labute approximate surface area is 434 Å². The predicted molar refractivity (Wildman–Crippen MR) is 299 cm³/mol. The highest BCUT2D eigenvalue weighted by molar-refractivity contribution is 5.76. The number of allylic oxidation sites excluding steroid dienone is 15. The van der Waals surface area contributed by atoms with E-state index in [0.29, 0.717) is 6.42 Å². The number of carbonyl (C=O) groups is 1. The maximum Gasteiger partial charge on any atom is 0.220 e. The summed E-state index contributed by atoms with van der Waals surface area (Å²) >= 11 is 0. The number of hydrogen-bond acceptors (Lipinski definition) is 8. The molecule has 0 aromatic rings. The summed E-state index contributed by atoms with van der Waals surface area (Å²) in [6, 6.07) is -0.823. The summed E-state index contributed by atoms with van der Waals surface area (Å²) in [4.78, 5) is 13.1. The number of rotatable bonds is 48. The summed E-state index contributed by atoms with van der Waals surface area (Å²) in [5, 5.41) is 54.5. The number of aliphatic hydroxyl groups excluding tert-OH is 5. The number of unbranched alkanes of at least 4 members (excludes halogenated alkanes) is 24. The summed E-state index contributed by atoms with van der Waals surface area (Å²) in [6.45, 7) is 3.66. The maximum atomic E-state index is 13.1. The third-order valence-electron chi connectivity index (χ3n) is 13.2. The van der Waals surface area contributed by atoms with E-state index in [4.69, 9.17) is 9.47 Å². The molecule has 1 fully saturated rings. The van der Waals surface area contributed by atoms with Crippen molar-refractivity contribution < 1.29 is 39.8 Å². The maximum absolute atomic E-state index is 13.1. The van der Waals surface area contributed by atoms with E-state index in [-0.39, 0.29) is 12.5 Å². The molecule has 1 amide bonds. The van der Waals surface area contributed by atoms with Crippen LogP contribution in [0.5, 0.6) is 0 Å². The molecular weight excluding hydrogens is 887 g/mol. The molecule has 71 heavy (non-hydrogen) atoms. The molecule has 1 aliphatic heterocycles. The minimum absolute atomic E-state index is 0.198. The van der Waals surface area contributed by atoms with Crippen LogP contribution in [0.25, 0.3) is 0 Å². The van der Waals surface area contributed by atoms with Gasteiger partial charge in [0.1, 0.15) is 24.4 Å². The number of nitrogens with one attached hydrogen (secondary N) is 1. The standard InChI is InChI=1S/C62H107NO8/c1-3-5-7-9-11-13-15-17-19-21-23-25-26-27-28-29-30-32-34-36-38-40-42-44-46-48-50-52-58(66)63-55(54-70-62-61(69)60(68)59(67)57(53-64)71-62)56(65)51-49-47-45-43-41-39-37-35-33-31-24-22-20-18-16-14-12-10-8-6-4-2/h5,7,11,13,17,19,23,25,27-28,30,32,36,38,49,51,55-57,59-62,64-65,67-69H,3-4,6,8-10,12,14-16,18,20-22,24,26,29,31,33-35,37,39-48,50,52-54H2,1-2H3,(H,63,66)/b7-5-,13-11-,19-17-,25-23-,28-27-,32-30-,38-36-,51-49+. The highest BCUT2D eigenvalue weighted by Gasteiger charge is 2.44. The molecule has 0 spiro atoms. The molecule has 0 aromatic carbocycles. The average Bonchev–Trinajstić information content (AvgIpc) is 3.37. The van der Waals surface area contributed by atoms with Gasteiger partial charge in [0.15, 0.2) is 6.29 Å². The Balaban J connectivity index is 2.28. The number of ether oxygens (including phenoxy) is 2. The first-order valence-electron chi connectivity index (χ1n) is 29.0. The molecule has 1 aliphatic rings. The van der Waals surface area contributed by atoms with Gasteiger partial charge < -0.3 is 40.3 Å². The molecule has 1 heterocycles. The summed E-state index contributed by atoms with van der Waals surface area (Å²) in [6.07, 6.45) is 66.0. The van der Waals surface area contributed by atoms with Crippen LogP contribution < -0.4 is 5.32 Å². The van der Waals surface area contributed by atoms with Crippen molar-refractivity contribution in [1.29, 1.82) is 0 Å². The van der Waals surface area contributed by atoms with Gasteiger partial charge in [-0.2, -0.15) is 0 Å². The highest BCUT2D eigenvalue weighted by Crippen LogP contribution is 2.23. The van der Waals surface area contributed by atoms with Crippen LogP contribution in [-0.4, -0.2) is 87.5 Å². The van der Waals surface area contributed by atoms with Crippen molar-refractivity contribution in [2.24, 2.45) is 0 Å². The van der Waals surface area contributed by atoms with Crippen molar-refractivity contribution in [1.82, 2.24) is 5.32 Å². The van der Waals surface area contributed by atoms with Crippen LogP contribution in [-0.2, 0) is 14.3 Å². The van der Waals surface area contributed by atoms with Gasteiger partial charge in [-0.3, -0.25) is 4.79 Å². The van der Waals surface area contributed by atoms with E-state index in [1.165, 1.54) is 109 Å². The molecule has 9 nitrogen and oxygen atoms in total. The second-order valence-corrected chi connectivity index (χ2v) is 19.7. The molecule has 0 saturated carbocycles. The van der Waals surface area contributed by atoms with Gasteiger partial charge in [0.2, 0.25) is 5.91 Å². The molecule has 6 N–H and O–H groups in total. The zero-order chi connectivity index (χ0) is 51.5. The normalized spacial score (nSPS) is 20.0.